The molecule has 3 rings (SSSR count). The van der Waals surface area contributed by atoms with Crippen molar-refractivity contribution >= 4 is 11.6 Å². The smallest absolute Gasteiger partial charge is 0.193 e. The maximum atomic E-state index is 13.6. The van der Waals surface area contributed by atoms with Gasteiger partial charge >= 0.3 is 0 Å². The SMILES string of the molecule is CCOC1CC(N=C(N)Nc2cc(F)ccc2F)C12CCCO2. The first-order valence-corrected chi connectivity index (χ1v) is 7.86. The molecule has 0 bridgehead atoms. The summed E-state index contributed by atoms with van der Waals surface area (Å²) in [6, 6.07) is 3.00. The first kappa shape index (κ1) is 16.1. The first-order chi connectivity index (χ1) is 11.0. The minimum absolute atomic E-state index is 0.0162. The Balaban J connectivity index is 1.72. The molecule has 0 radical (unpaired) electrons. The van der Waals surface area contributed by atoms with Crippen LogP contribution < -0.4 is 11.1 Å². The number of benzene rings is 1. The third kappa shape index (κ3) is 3.03. The van der Waals surface area contributed by atoms with Crippen LogP contribution in [0.2, 0.25) is 0 Å². The molecule has 3 N–H and O–H groups in total. The Kier molecular flexibility index (Phi) is 4.50. The lowest BCUT2D eigenvalue weighted by molar-refractivity contribution is -0.188. The molecule has 0 amide bonds. The molecule has 1 aromatic carbocycles. The van der Waals surface area contributed by atoms with Gasteiger partial charge in [-0.15, -0.1) is 0 Å². The zero-order valence-corrected chi connectivity index (χ0v) is 13.0. The Hall–Kier alpha value is -1.73. The normalized spacial score (nSPS) is 30.5. The van der Waals surface area contributed by atoms with Crippen molar-refractivity contribution in [1.29, 1.82) is 0 Å². The van der Waals surface area contributed by atoms with E-state index in [9.17, 15) is 8.78 Å². The third-order valence-electron chi connectivity index (χ3n) is 4.48. The molecule has 23 heavy (non-hydrogen) atoms. The number of guanidine groups is 1. The van der Waals surface area contributed by atoms with Gasteiger partial charge in [-0.2, -0.15) is 0 Å². The van der Waals surface area contributed by atoms with Gasteiger partial charge in [-0.1, -0.05) is 0 Å². The molecule has 1 saturated carbocycles. The number of rotatable bonds is 4. The highest BCUT2D eigenvalue weighted by Crippen LogP contribution is 2.47. The van der Waals surface area contributed by atoms with E-state index < -0.39 is 17.2 Å². The fraction of sp³-hybridized carbons (Fsp3) is 0.562. The van der Waals surface area contributed by atoms with Crippen LogP contribution in [0.5, 0.6) is 0 Å². The maximum absolute atomic E-state index is 13.6. The van der Waals surface area contributed by atoms with Crippen LogP contribution >= 0.6 is 0 Å². The summed E-state index contributed by atoms with van der Waals surface area (Å²) < 4.78 is 38.4. The topological polar surface area (TPSA) is 68.9 Å². The summed E-state index contributed by atoms with van der Waals surface area (Å²) in [5.74, 6) is -1.08. The van der Waals surface area contributed by atoms with E-state index in [1.54, 1.807) is 0 Å². The lowest BCUT2D eigenvalue weighted by atomic mass is 9.70. The van der Waals surface area contributed by atoms with Gasteiger partial charge in [0.1, 0.15) is 17.2 Å². The molecular weight excluding hydrogens is 304 g/mol. The molecule has 1 aromatic rings. The van der Waals surface area contributed by atoms with Gasteiger partial charge in [0.2, 0.25) is 0 Å². The maximum Gasteiger partial charge on any atom is 0.193 e. The van der Waals surface area contributed by atoms with Crippen molar-refractivity contribution < 1.29 is 18.3 Å². The van der Waals surface area contributed by atoms with Crippen LogP contribution in [0.1, 0.15) is 26.2 Å². The van der Waals surface area contributed by atoms with E-state index in [4.69, 9.17) is 15.2 Å². The zero-order chi connectivity index (χ0) is 16.4. The van der Waals surface area contributed by atoms with Gasteiger partial charge in [0.15, 0.2) is 5.96 Å². The quantitative estimate of drug-likeness (QED) is 0.659. The average Bonchev–Trinajstić information content (AvgIpc) is 3.03. The second kappa shape index (κ2) is 6.41. The van der Waals surface area contributed by atoms with E-state index >= 15 is 0 Å². The number of ether oxygens (including phenoxy) is 2. The molecule has 1 saturated heterocycles. The van der Waals surface area contributed by atoms with E-state index in [1.165, 1.54) is 0 Å². The van der Waals surface area contributed by atoms with Gasteiger partial charge in [-0.3, -0.25) is 0 Å². The predicted molar refractivity (Wildman–Crippen MR) is 83.3 cm³/mol. The second-order valence-corrected chi connectivity index (χ2v) is 5.87. The molecule has 1 aliphatic carbocycles. The lowest BCUT2D eigenvalue weighted by Gasteiger charge is -2.50. The Bertz CT molecular complexity index is 603. The summed E-state index contributed by atoms with van der Waals surface area (Å²) in [5.41, 5.74) is 5.40. The molecule has 2 fully saturated rings. The Morgan fingerprint density at radius 1 is 1.52 bits per heavy atom. The molecule has 0 aromatic heterocycles. The van der Waals surface area contributed by atoms with Gasteiger partial charge in [0, 0.05) is 25.7 Å². The van der Waals surface area contributed by atoms with Crippen molar-refractivity contribution in [2.45, 2.75) is 43.9 Å². The number of hydrogen-bond acceptors (Lipinski definition) is 3. The Morgan fingerprint density at radius 3 is 3.04 bits per heavy atom. The number of aliphatic imine (C=N–C) groups is 1. The minimum atomic E-state index is -0.586. The molecule has 126 valence electrons. The lowest BCUT2D eigenvalue weighted by Crippen LogP contribution is -2.63. The number of nitrogens with two attached hydrogens (primary N) is 1. The summed E-state index contributed by atoms with van der Waals surface area (Å²) in [5, 5.41) is 2.62. The highest BCUT2D eigenvalue weighted by Gasteiger charge is 2.59. The van der Waals surface area contributed by atoms with E-state index in [2.05, 4.69) is 10.3 Å². The minimum Gasteiger partial charge on any atom is -0.375 e. The highest BCUT2D eigenvalue weighted by molar-refractivity contribution is 5.92. The Labute approximate surface area is 133 Å². The molecule has 1 heterocycles. The van der Waals surface area contributed by atoms with Crippen LogP contribution in [0.3, 0.4) is 0 Å². The molecule has 1 aliphatic heterocycles. The van der Waals surface area contributed by atoms with E-state index in [0.717, 1.165) is 31.0 Å². The van der Waals surface area contributed by atoms with Crippen LogP contribution in [0.4, 0.5) is 14.5 Å². The zero-order valence-electron chi connectivity index (χ0n) is 13.0. The van der Waals surface area contributed by atoms with Crippen molar-refractivity contribution in [1.82, 2.24) is 0 Å². The van der Waals surface area contributed by atoms with Gasteiger partial charge in [0.25, 0.3) is 0 Å². The van der Waals surface area contributed by atoms with Crippen LogP contribution in [0.25, 0.3) is 0 Å². The fourth-order valence-corrected chi connectivity index (χ4v) is 3.36. The van der Waals surface area contributed by atoms with E-state index in [-0.39, 0.29) is 23.8 Å². The van der Waals surface area contributed by atoms with Crippen LogP contribution in [0.15, 0.2) is 23.2 Å². The summed E-state index contributed by atoms with van der Waals surface area (Å²) in [6.07, 6.45) is 2.55. The largest absolute Gasteiger partial charge is 0.375 e. The van der Waals surface area contributed by atoms with E-state index in [0.29, 0.717) is 19.6 Å². The Morgan fingerprint density at radius 2 is 2.35 bits per heavy atom. The molecule has 3 unspecified atom stereocenters. The van der Waals surface area contributed by atoms with Gasteiger partial charge in [0.05, 0.1) is 17.8 Å². The highest BCUT2D eigenvalue weighted by atomic mass is 19.1. The fourth-order valence-electron chi connectivity index (χ4n) is 3.36. The molecule has 3 atom stereocenters. The third-order valence-corrected chi connectivity index (χ3v) is 4.48. The number of nitrogens with one attached hydrogen (secondary N) is 1. The first-order valence-electron chi connectivity index (χ1n) is 7.86. The number of anilines is 1. The summed E-state index contributed by atoms with van der Waals surface area (Å²) in [6.45, 7) is 3.25. The molecule has 7 heteroatoms. The molecular formula is C16H21F2N3O2. The van der Waals surface area contributed by atoms with Crippen molar-refractivity contribution in [2.75, 3.05) is 18.5 Å². The summed E-state index contributed by atoms with van der Waals surface area (Å²) in [4.78, 5) is 4.41. The average molecular weight is 325 g/mol. The van der Waals surface area contributed by atoms with Gasteiger partial charge in [-0.25, -0.2) is 13.8 Å². The number of halogens is 2. The van der Waals surface area contributed by atoms with Crippen LogP contribution in [-0.2, 0) is 9.47 Å². The van der Waals surface area contributed by atoms with Gasteiger partial charge < -0.3 is 20.5 Å². The van der Waals surface area contributed by atoms with Crippen LogP contribution in [-0.4, -0.2) is 36.9 Å². The van der Waals surface area contributed by atoms with Crippen molar-refractivity contribution in [3.8, 4) is 0 Å². The molecule has 5 nitrogen and oxygen atoms in total. The monoisotopic (exact) mass is 325 g/mol. The number of hydrogen-bond donors (Lipinski definition) is 2. The molecule has 1 spiro atoms. The van der Waals surface area contributed by atoms with Crippen molar-refractivity contribution in [3.05, 3.63) is 29.8 Å². The molecule has 2 aliphatic rings. The summed E-state index contributed by atoms with van der Waals surface area (Å²) in [7, 11) is 0. The van der Waals surface area contributed by atoms with E-state index in [1.807, 2.05) is 6.92 Å². The standard InChI is InChI=1S/C16H21F2N3O2/c1-2-22-14-9-13(16(14)6-3-7-23-16)21-15(19)20-12-8-10(17)4-5-11(12)18/h4-5,8,13-14H,2-3,6-7,9H2,1H3,(H3,19,20,21). The van der Waals surface area contributed by atoms with Gasteiger partial charge in [-0.05, 0) is 31.9 Å². The van der Waals surface area contributed by atoms with Crippen molar-refractivity contribution in [3.63, 3.8) is 0 Å². The van der Waals surface area contributed by atoms with Crippen molar-refractivity contribution in [2.24, 2.45) is 10.7 Å². The van der Waals surface area contributed by atoms with Crippen LogP contribution in [0, 0.1) is 11.6 Å². The number of nitrogens with zero attached hydrogens (tertiary/aromatic N) is 1. The summed E-state index contributed by atoms with van der Waals surface area (Å²) >= 11 is 0. The second-order valence-electron chi connectivity index (χ2n) is 5.87. The predicted octanol–water partition coefficient (Wildman–Crippen LogP) is 2.42.